The molecule has 0 radical (unpaired) electrons. The van der Waals surface area contributed by atoms with Crippen molar-refractivity contribution in [3.05, 3.63) is 79.0 Å². The maximum atomic E-state index is 12.9. The molecule has 0 aliphatic heterocycles. The second kappa shape index (κ2) is 8.98. The van der Waals surface area contributed by atoms with Crippen molar-refractivity contribution in [3.63, 3.8) is 0 Å². The van der Waals surface area contributed by atoms with E-state index >= 15 is 0 Å². The lowest BCUT2D eigenvalue weighted by molar-refractivity contribution is 0.477. The lowest BCUT2D eigenvalue weighted by atomic mass is 10.1. The molecule has 34 heavy (non-hydrogen) atoms. The third-order valence-electron chi connectivity index (χ3n) is 5.40. The number of rotatable bonds is 7. The van der Waals surface area contributed by atoms with Crippen molar-refractivity contribution in [2.24, 2.45) is 0 Å². The highest BCUT2D eigenvalue weighted by atomic mass is 32.2. The fourth-order valence-corrected chi connectivity index (χ4v) is 5.24. The minimum atomic E-state index is -3.71. The molecule has 0 unspecified atom stereocenters. The lowest BCUT2D eigenvalue weighted by Gasteiger charge is -2.13. The van der Waals surface area contributed by atoms with Crippen LogP contribution in [0.25, 0.3) is 27.7 Å². The molecule has 0 bridgehead atoms. The van der Waals surface area contributed by atoms with Crippen LogP contribution in [0.15, 0.2) is 88.8 Å². The van der Waals surface area contributed by atoms with Crippen LogP contribution in [0.1, 0.15) is 0 Å². The van der Waals surface area contributed by atoms with E-state index in [4.69, 9.17) is 0 Å². The molecule has 2 heterocycles. The van der Waals surface area contributed by atoms with Crippen LogP contribution >= 0.6 is 12.6 Å². The Kier molecular flexibility index (Phi) is 5.86. The third kappa shape index (κ3) is 4.18. The van der Waals surface area contributed by atoms with Gasteiger partial charge in [0, 0.05) is 30.1 Å². The molecule has 0 amide bonds. The third-order valence-corrected chi connectivity index (χ3v) is 7.23. The first kappa shape index (κ1) is 22.2. The monoisotopic (exact) mass is 491 g/mol. The first-order chi connectivity index (χ1) is 16.4. The van der Waals surface area contributed by atoms with E-state index in [0.717, 1.165) is 5.39 Å². The average molecular weight is 492 g/mol. The molecule has 0 saturated carbocycles. The van der Waals surface area contributed by atoms with Crippen molar-refractivity contribution < 1.29 is 13.5 Å². The van der Waals surface area contributed by atoms with Crippen LogP contribution < -0.4 is 10.0 Å². The molecule has 8 nitrogen and oxygen atoms in total. The summed E-state index contributed by atoms with van der Waals surface area (Å²) in [5.41, 5.74) is 1.63. The van der Waals surface area contributed by atoms with Gasteiger partial charge in [0.05, 0.1) is 21.7 Å². The summed E-state index contributed by atoms with van der Waals surface area (Å²) in [6.45, 7) is 0.446. The summed E-state index contributed by atoms with van der Waals surface area (Å²) < 4.78 is 30.1. The Balaban J connectivity index is 1.37. The number of sulfonamides is 1. The first-order valence-corrected chi connectivity index (χ1v) is 12.4. The second-order valence-corrected chi connectivity index (χ2v) is 9.83. The normalized spacial score (nSPS) is 11.8. The topological polar surface area (TPSA) is 109 Å². The summed E-state index contributed by atoms with van der Waals surface area (Å²) in [7, 11) is -3.71. The number of thiol groups is 1. The number of phenolic OH excluding ortho intramolecular Hbond substituents is 1. The molecule has 0 atom stereocenters. The quantitative estimate of drug-likeness (QED) is 0.203. The Morgan fingerprint density at radius 2 is 1.74 bits per heavy atom. The number of nitrogens with one attached hydrogen (secondary N) is 2. The number of fused-ring (bicyclic) bond motifs is 2. The molecule has 3 N–H and O–H groups in total. The summed E-state index contributed by atoms with van der Waals surface area (Å²) >= 11 is 4.42. The predicted molar refractivity (Wildman–Crippen MR) is 135 cm³/mol. The summed E-state index contributed by atoms with van der Waals surface area (Å²) in [6, 6.07) is 21.2. The van der Waals surface area contributed by atoms with Crippen LogP contribution in [-0.4, -0.2) is 41.2 Å². The standard InChI is InChI=1S/C24H21N5O3S2/c30-20-10-4-3-9-18(20)19-14-23(29-24(28-19)21(33)15-26-29)25-12-13-27-34(31,32)22-11-5-7-16-6-1-2-8-17(16)22/h1-11,14-15,25,27,30,33H,12-13H2. The fraction of sp³-hybridized carbons (Fsp3) is 0.0833. The minimum Gasteiger partial charge on any atom is -0.507 e. The lowest BCUT2D eigenvalue weighted by Crippen LogP contribution is -2.29. The number of hydrogen-bond donors (Lipinski definition) is 4. The van der Waals surface area contributed by atoms with E-state index in [-0.39, 0.29) is 17.2 Å². The van der Waals surface area contributed by atoms with Gasteiger partial charge in [-0.1, -0.05) is 48.5 Å². The highest BCUT2D eigenvalue weighted by Crippen LogP contribution is 2.30. The van der Waals surface area contributed by atoms with Crippen LogP contribution in [0, 0.1) is 0 Å². The second-order valence-electron chi connectivity index (χ2n) is 7.61. The average Bonchev–Trinajstić information content (AvgIpc) is 3.22. The van der Waals surface area contributed by atoms with Crippen LogP contribution in [0.2, 0.25) is 0 Å². The summed E-state index contributed by atoms with van der Waals surface area (Å²) in [4.78, 5) is 5.40. The molecule has 5 aromatic rings. The number of para-hydroxylation sites is 1. The van der Waals surface area contributed by atoms with Crippen LogP contribution in [-0.2, 0) is 10.0 Å². The number of hydrogen-bond acceptors (Lipinski definition) is 7. The van der Waals surface area contributed by atoms with E-state index in [2.05, 4.69) is 32.8 Å². The fourth-order valence-electron chi connectivity index (χ4n) is 3.79. The maximum Gasteiger partial charge on any atom is 0.241 e. The van der Waals surface area contributed by atoms with E-state index in [1.165, 1.54) is 0 Å². The Hall–Kier alpha value is -3.60. The van der Waals surface area contributed by atoms with Crippen LogP contribution in [0.4, 0.5) is 5.82 Å². The number of phenols is 1. The number of aromatic nitrogens is 3. The van der Waals surface area contributed by atoms with Gasteiger partial charge >= 0.3 is 0 Å². The Morgan fingerprint density at radius 3 is 2.59 bits per heavy atom. The van der Waals surface area contributed by atoms with Crippen molar-refractivity contribution in [1.82, 2.24) is 19.3 Å². The number of aromatic hydroxyl groups is 1. The van der Waals surface area contributed by atoms with Gasteiger partial charge in [-0.15, -0.1) is 12.6 Å². The van der Waals surface area contributed by atoms with Crippen molar-refractivity contribution in [1.29, 1.82) is 0 Å². The van der Waals surface area contributed by atoms with Gasteiger partial charge in [-0.2, -0.15) is 9.61 Å². The predicted octanol–water partition coefficient (Wildman–Crippen LogP) is 3.93. The molecule has 2 aromatic heterocycles. The van der Waals surface area contributed by atoms with Crippen LogP contribution in [0.5, 0.6) is 5.75 Å². The Labute approximate surface area is 201 Å². The van der Waals surface area contributed by atoms with E-state index < -0.39 is 10.0 Å². The van der Waals surface area contributed by atoms with Gasteiger partial charge in [-0.05, 0) is 23.6 Å². The zero-order valence-corrected chi connectivity index (χ0v) is 19.6. The molecular weight excluding hydrogens is 470 g/mol. The van der Waals surface area contributed by atoms with E-state index in [9.17, 15) is 13.5 Å². The smallest absolute Gasteiger partial charge is 0.241 e. The highest BCUT2D eigenvalue weighted by molar-refractivity contribution is 7.89. The highest BCUT2D eigenvalue weighted by Gasteiger charge is 2.17. The maximum absolute atomic E-state index is 12.9. The number of nitrogens with zero attached hydrogens (tertiary/aromatic N) is 3. The molecule has 3 aromatic carbocycles. The molecule has 0 aliphatic rings. The summed E-state index contributed by atoms with van der Waals surface area (Å²) in [5, 5.41) is 19.3. The van der Waals surface area contributed by atoms with Crippen molar-refractivity contribution in [2.75, 3.05) is 18.4 Å². The molecule has 0 aliphatic carbocycles. The summed E-state index contributed by atoms with van der Waals surface area (Å²) in [6.07, 6.45) is 1.58. The van der Waals surface area contributed by atoms with Crippen molar-refractivity contribution in [2.45, 2.75) is 9.79 Å². The molecule has 0 spiro atoms. The van der Waals surface area contributed by atoms with Gasteiger partial charge in [0.1, 0.15) is 11.6 Å². The summed E-state index contributed by atoms with van der Waals surface area (Å²) in [5.74, 6) is 0.696. The molecule has 0 fully saturated rings. The van der Waals surface area contributed by atoms with Crippen molar-refractivity contribution in [3.8, 4) is 17.0 Å². The van der Waals surface area contributed by atoms with Gasteiger partial charge in [-0.3, -0.25) is 0 Å². The van der Waals surface area contributed by atoms with Crippen molar-refractivity contribution >= 4 is 44.9 Å². The Bertz CT molecular complexity index is 1610. The number of benzene rings is 3. The number of anilines is 1. The zero-order chi connectivity index (χ0) is 23.7. The first-order valence-electron chi connectivity index (χ1n) is 10.5. The van der Waals surface area contributed by atoms with Gasteiger partial charge in [0.25, 0.3) is 0 Å². The van der Waals surface area contributed by atoms with Gasteiger partial charge in [0.15, 0.2) is 5.65 Å². The zero-order valence-electron chi connectivity index (χ0n) is 17.9. The van der Waals surface area contributed by atoms with E-state index in [1.54, 1.807) is 53.2 Å². The minimum absolute atomic E-state index is 0.105. The van der Waals surface area contributed by atoms with Gasteiger partial charge in [-0.25, -0.2) is 18.1 Å². The molecular formula is C24H21N5O3S2. The van der Waals surface area contributed by atoms with Crippen LogP contribution in [0.3, 0.4) is 0 Å². The largest absolute Gasteiger partial charge is 0.507 e. The van der Waals surface area contributed by atoms with E-state index in [1.807, 2.05) is 30.3 Å². The van der Waals surface area contributed by atoms with Gasteiger partial charge < -0.3 is 10.4 Å². The van der Waals surface area contributed by atoms with Gasteiger partial charge in [0.2, 0.25) is 10.0 Å². The Morgan fingerprint density at radius 1 is 0.971 bits per heavy atom. The SMILES string of the molecule is O=S(=O)(NCCNc1cc(-c2ccccc2O)nc2c(S)cnn12)c1cccc2ccccc12. The van der Waals surface area contributed by atoms with E-state index in [0.29, 0.717) is 39.5 Å². The molecule has 5 rings (SSSR count). The molecule has 172 valence electrons. The molecule has 0 saturated heterocycles. The molecule has 10 heteroatoms.